The van der Waals surface area contributed by atoms with Gasteiger partial charge in [0.25, 0.3) is 0 Å². The zero-order valence-electron chi connectivity index (χ0n) is 10.3. The highest BCUT2D eigenvalue weighted by Crippen LogP contribution is 2.37. The van der Waals surface area contributed by atoms with Crippen LogP contribution in [0.4, 0.5) is 10.2 Å². The molecule has 3 aromatic rings. The summed E-state index contributed by atoms with van der Waals surface area (Å²) >= 11 is 3.37. The Hall–Kier alpha value is -2.14. The number of hydrogen-bond acceptors (Lipinski definition) is 3. The Morgan fingerprint density at radius 2 is 1.75 bits per heavy atom. The Morgan fingerprint density at radius 3 is 2.45 bits per heavy atom. The number of rotatable bonds is 2. The van der Waals surface area contributed by atoms with Crippen LogP contribution in [0.3, 0.4) is 0 Å². The summed E-state index contributed by atoms with van der Waals surface area (Å²) in [6, 6.07) is 13.9. The molecule has 0 amide bonds. The van der Waals surface area contributed by atoms with Crippen LogP contribution in [0.2, 0.25) is 0 Å². The van der Waals surface area contributed by atoms with Gasteiger partial charge in [-0.3, -0.25) is 0 Å². The topological polar surface area (TPSA) is 52.0 Å². The fraction of sp³-hybridized carbons (Fsp3) is 0. The highest BCUT2D eigenvalue weighted by Gasteiger charge is 2.19. The van der Waals surface area contributed by atoms with Gasteiger partial charge in [0.15, 0.2) is 11.6 Å². The van der Waals surface area contributed by atoms with Crippen LogP contribution < -0.4 is 5.73 Å². The van der Waals surface area contributed by atoms with Gasteiger partial charge in [-0.25, -0.2) is 4.39 Å². The fourth-order valence-corrected chi connectivity index (χ4v) is 2.29. The number of nitrogens with two attached hydrogens (primary N) is 1. The van der Waals surface area contributed by atoms with E-state index in [4.69, 9.17) is 10.3 Å². The van der Waals surface area contributed by atoms with Gasteiger partial charge in [0.05, 0.1) is 5.56 Å². The average Bonchev–Trinajstić information content (AvgIpc) is 2.82. The van der Waals surface area contributed by atoms with E-state index in [1.165, 1.54) is 6.07 Å². The van der Waals surface area contributed by atoms with Crippen molar-refractivity contribution in [3.8, 4) is 22.5 Å². The maximum atomic E-state index is 14.0. The Balaban J connectivity index is 2.20. The van der Waals surface area contributed by atoms with Gasteiger partial charge in [-0.1, -0.05) is 39.3 Å². The number of hydrogen-bond donors (Lipinski definition) is 1. The summed E-state index contributed by atoms with van der Waals surface area (Å²) in [6.45, 7) is 0. The van der Waals surface area contributed by atoms with Crippen molar-refractivity contribution in [1.82, 2.24) is 5.16 Å². The molecule has 3 rings (SSSR count). The van der Waals surface area contributed by atoms with Crippen molar-refractivity contribution in [3.63, 3.8) is 0 Å². The molecule has 2 N–H and O–H groups in total. The Kier molecular flexibility index (Phi) is 3.28. The Labute approximate surface area is 123 Å². The molecule has 0 spiro atoms. The molecule has 0 saturated carbocycles. The van der Waals surface area contributed by atoms with Crippen LogP contribution in [-0.2, 0) is 0 Å². The lowest BCUT2D eigenvalue weighted by Crippen LogP contribution is -1.91. The molecular formula is C15H10BrFN2O. The van der Waals surface area contributed by atoms with E-state index in [1.54, 1.807) is 18.2 Å². The van der Waals surface area contributed by atoms with Crippen LogP contribution in [0.1, 0.15) is 0 Å². The van der Waals surface area contributed by atoms with Crippen molar-refractivity contribution in [2.24, 2.45) is 0 Å². The van der Waals surface area contributed by atoms with Gasteiger partial charge in [-0.05, 0) is 30.3 Å². The monoisotopic (exact) mass is 332 g/mol. The lowest BCUT2D eigenvalue weighted by Gasteiger charge is -2.04. The summed E-state index contributed by atoms with van der Waals surface area (Å²) in [5.41, 5.74) is 7.47. The predicted molar refractivity (Wildman–Crippen MR) is 79.4 cm³/mol. The summed E-state index contributed by atoms with van der Waals surface area (Å²) in [6.07, 6.45) is 0. The summed E-state index contributed by atoms with van der Waals surface area (Å²) in [7, 11) is 0. The molecule has 20 heavy (non-hydrogen) atoms. The van der Waals surface area contributed by atoms with Crippen LogP contribution >= 0.6 is 15.9 Å². The van der Waals surface area contributed by atoms with E-state index in [0.29, 0.717) is 16.9 Å². The molecule has 0 aliphatic carbocycles. The molecular weight excluding hydrogens is 323 g/mol. The van der Waals surface area contributed by atoms with Gasteiger partial charge in [-0.2, -0.15) is 0 Å². The first-order valence-electron chi connectivity index (χ1n) is 5.93. The highest BCUT2D eigenvalue weighted by molar-refractivity contribution is 9.10. The smallest absolute Gasteiger partial charge is 0.177 e. The second-order valence-corrected chi connectivity index (χ2v) is 5.17. The van der Waals surface area contributed by atoms with Gasteiger partial charge in [-0.15, -0.1) is 0 Å². The molecule has 0 aliphatic rings. The van der Waals surface area contributed by atoms with Gasteiger partial charge in [0, 0.05) is 15.6 Å². The highest BCUT2D eigenvalue weighted by atomic mass is 79.9. The normalized spacial score (nSPS) is 10.7. The van der Waals surface area contributed by atoms with Crippen LogP contribution in [-0.4, -0.2) is 5.16 Å². The number of nitrogen functional groups attached to an aromatic ring is 1. The maximum Gasteiger partial charge on any atom is 0.177 e. The molecule has 100 valence electrons. The molecule has 0 unspecified atom stereocenters. The number of halogens is 2. The summed E-state index contributed by atoms with van der Waals surface area (Å²) in [5.74, 6) is 0.272. The fourth-order valence-electron chi connectivity index (χ4n) is 2.02. The van der Waals surface area contributed by atoms with E-state index in [2.05, 4.69) is 21.1 Å². The Bertz CT molecular complexity index is 753. The van der Waals surface area contributed by atoms with E-state index in [9.17, 15) is 4.39 Å². The number of nitrogens with zero attached hydrogens (tertiary/aromatic N) is 1. The molecule has 0 radical (unpaired) electrons. The van der Waals surface area contributed by atoms with Crippen molar-refractivity contribution in [3.05, 3.63) is 58.8 Å². The SMILES string of the molecule is Nc1noc(-c2ccc(Br)cc2)c1-c1ccccc1F. The molecule has 1 aromatic heterocycles. The number of anilines is 1. The second kappa shape index (κ2) is 5.09. The lowest BCUT2D eigenvalue weighted by atomic mass is 10.0. The maximum absolute atomic E-state index is 14.0. The van der Waals surface area contributed by atoms with E-state index in [1.807, 2.05) is 24.3 Å². The van der Waals surface area contributed by atoms with Crippen molar-refractivity contribution in [2.75, 3.05) is 5.73 Å². The van der Waals surface area contributed by atoms with Crippen LogP contribution in [0.25, 0.3) is 22.5 Å². The van der Waals surface area contributed by atoms with Crippen molar-refractivity contribution in [2.45, 2.75) is 0 Å². The largest absolute Gasteiger partial charge is 0.380 e. The molecule has 5 heteroatoms. The molecule has 0 bridgehead atoms. The third kappa shape index (κ3) is 2.20. The molecule has 0 atom stereocenters. The van der Waals surface area contributed by atoms with Crippen molar-refractivity contribution >= 4 is 21.7 Å². The average molecular weight is 333 g/mol. The second-order valence-electron chi connectivity index (χ2n) is 4.26. The third-order valence-corrected chi connectivity index (χ3v) is 3.50. The minimum atomic E-state index is -0.360. The van der Waals surface area contributed by atoms with Gasteiger partial charge < -0.3 is 10.3 Å². The van der Waals surface area contributed by atoms with E-state index < -0.39 is 0 Å². The number of benzene rings is 2. The number of aromatic nitrogens is 1. The summed E-state index contributed by atoms with van der Waals surface area (Å²) in [4.78, 5) is 0. The first-order valence-corrected chi connectivity index (χ1v) is 6.72. The molecule has 3 nitrogen and oxygen atoms in total. The minimum Gasteiger partial charge on any atom is -0.380 e. The van der Waals surface area contributed by atoms with Crippen LogP contribution in [0.5, 0.6) is 0 Å². The van der Waals surface area contributed by atoms with Crippen molar-refractivity contribution < 1.29 is 8.91 Å². The predicted octanol–water partition coefficient (Wildman–Crippen LogP) is 4.49. The van der Waals surface area contributed by atoms with E-state index in [-0.39, 0.29) is 11.6 Å². The lowest BCUT2D eigenvalue weighted by molar-refractivity contribution is 0.436. The molecule has 2 aromatic carbocycles. The van der Waals surface area contributed by atoms with Crippen LogP contribution in [0.15, 0.2) is 57.5 Å². The first-order chi connectivity index (χ1) is 9.66. The quantitative estimate of drug-likeness (QED) is 0.752. The third-order valence-electron chi connectivity index (χ3n) is 2.97. The first kappa shape index (κ1) is 12.9. The molecule has 0 saturated heterocycles. The summed E-state index contributed by atoms with van der Waals surface area (Å²) < 4.78 is 20.2. The van der Waals surface area contributed by atoms with E-state index >= 15 is 0 Å². The molecule has 0 aliphatic heterocycles. The van der Waals surface area contributed by atoms with Gasteiger partial charge in [0.1, 0.15) is 5.82 Å². The van der Waals surface area contributed by atoms with Crippen LogP contribution in [0, 0.1) is 5.82 Å². The van der Waals surface area contributed by atoms with Gasteiger partial charge in [0.2, 0.25) is 0 Å². The van der Waals surface area contributed by atoms with Gasteiger partial charge >= 0.3 is 0 Å². The molecule has 0 fully saturated rings. The van der Waals surface area contributed by atoms with E-state index in [0.717, 1.165) is 10.0 Å². The standard InChI is InChI=1S/C15H10BrFN2O/c16-10-7-5-9(6-8-10)14-13(15(18)19-20-14)11-3-1-2-4-12(11)17/h1-8H,(H2,18,19). The minimum absolute atomic E-state index is 0.174. The zero-order chi connectivity index (χ0) is 14.1. The Morgan fingerprint density at radius 1 is 1.05 bits per heavy atom. The zero-order valence-corrected chi connectivity index (χ0v) is 11.9. The van der Waals surface area contributed by atoms with Crippen molar-refractivity contribution in [1.29, 1.82) is 0 Å². The molecule has 1 heterocycles. The summed E-state index contributed by atoms with van der Waals surface area (Å²) in [5, 5.41) is 3.76.